The Morgan fingerprint density at radius 3 is 2.76 bits per heavy atom. The number of pyridine rings is 1. The van der Waals surface area contributed by atoms with E-state index in [1.165, 1.54) is 4.57 Å². The van der Waals surface area contributed by atoms with Gasteiger partial charge in [-0.1, -0.05) is 35.5 Å². The van der Waals surface area contributed by atoms with Crippen LogP contribution in [-0.4, -0.2) is 29.2 Å². The van der Waals surface area contributed by atoms with Crippen LogP contribution in [0.3, 0.4) is 0 Å². The first-order valence-corrected chi connectivity index (χ1v) is 11.5. The molecule has 0 unspecified atom stereocenters. The first-order valence-electron chi connectivity index (χ1n) is 11.5. The molecule has 170 valence electrons. The van der Waals surface area contributed by atoms with Crippen LogP contribution in [0.1, 0.15) is 44.0 Å². The second kappa shape index (κ2) is 8.30. The lowest BCUT2D eigenvalue weighted by molar-refractivity contribution is 0.276. The lowest BCUT2D eigenvalue weighted by Crippen LogP contribution is -2.23. The average Bonchev–Trinajstić information content (AvgIpc) is 3.58. The van der Waals surface area contributed by atoms with Gasteiger partial charge in [-0.05, 0) is 37.7 Å². The Morgan fingerprint density at radius 1 is 1.15 bits per heavy atom. The highest BCUT2D eigenvalue weighted by Gasteiger charge is 2.28. The van der Waals surface area contributed by atoms with Gasteiger partial charge < -0.3 is 9.55 Å². The van der Waals surface area contributed by atoms with Crippen molar-refractivity contribution in [3.05, 3.63) is 65.2 Å². The normalized spacial score (nSPS) is 18.4. The lowest BCUT2D eigenvalue weighted by Gasteiger charge is -2.30. The van der Waals surface area contributed by atoms with Gasteiger partial charge in [0.1, 0.15) is 17.0 Å². The predicted octanol–water partition coefficient (Wildman–Crippen LogP) is 4.42. The highest BCUT2D eigenvalue weighted by atomic mass is 16.5. The first-order chi connectivity index (χ1) is 16.7. The van der Waals surface area contributed by atoms with E-state index >= 15 is 0 Å². The highest BCUT2D eigenvalue weighted by Crippen LogP contribution is 2.38. The minimum atomic E-state index is -0.514. The summed E-state index contributed by atoms with van der Waals surface area (Å²) in [5.41, 5.74) is 3.44. The van der Waals surface area contributed by atoms with Crippen LogP contribution in [-0.2, 0) is 6.54 Å². The number of H-pyrrole nitrogens is 1. The Morgan fingerprint density at radius 2 is 1.97 bits per heavy atom. The van der Waals surface area contributed by atoms with Gasteiger partial charge in [0.15, 0.2) is 5.82 Å². The van der Waals surface area contributed by atoms with Crippen LogP contribution >= 0.6 is 0 Å². The smallest absolute Gasteiger partial charge is 0.346 e. The molecule has 34 heavy (non-hydrogen) atoms. The number of rotatable bonds is 5. The van der Waals surface area contributed by atoms with Gasteiger partial charge in [0.05, 0.1) is 24.3 Å². The van der Waals surface area contributed by atoms with E-state index in [4.69, 9.17) is 14.8 Å². The molecule has 1 aromatic carbocycles. The molecule has 1 saturated carbocycles. The molecule has 0 radical (unpaired) electrons. The van der Waals surface area contributed by atoms with Crippen LogP contribution in [0.5, 0.6) is 0 Å². The van der Waals surface area contributed by atoms with Gasteiger partial charge in [-0.3, -0.25) is 4.52 Å². The van der Waals surface area contributed by atoms with E-state index in [-0.39, 0.29) is 12.6 Å². The Bertz CT molecular complexity index is 1560. The Hall–Kier alpha value is -4.19. The SMILES string of the molecule is N#CCC1CCC(n2c(Cn3c(-c4ccccc4)noc3=O)nc3cnc4[nH]ccc4c32)CC1. The lowest BCUT2D eigenvalue weighted by atomic mass is 9.84. The molecule has 4 aromatic heterocycles. The van der Waals surface area contributed by atoms with Gasteiger partial charge in [0.25, 0.3) is 0 Å². The minimum absolute atomic E-state index is 0.228. The molecule has 0 atom stereocenters. The number of nitrogens with one attached hydrogen (secondary N) is 1. The topological polar surface area (TPSA) is 118 Å². The number of aromatic amines is 1. The summed E-state index contributed by atoms with van der Waals surface area (Å²) in [6.45, 7) is 0.241. The molecule has 1 aliphatic rings. The molecule has 5 aromatic rings. The number of benzene rings is 1. The van der Waals surface area contributed by atoms with Crippen molar-refractivity contribution in [1.82, 2.24) is 29.2 Å². The van der Waals surface area contributed by atoms with Crippen molar-refractivity contribution in [2.75, 3.05) is 0 Å². The minimum Gasteiger partial charge on any atom is -0.346 e. The molecule has 0 amide bonds. The van der Waals surface area contributed by atoms with Crippen LogP contribution in [0, 0.1) is 17.2 Å². The third kappa shape index (κ3) is 3.39. The molecule has 0 saturated heterocycles. The summed E-state index contributed by atoms with van der Waals surface area (Å²) in [5.74, 6) is 1.18. The number of aromatic nitrogens is 6. The van der Waals surface area contributed by atoms with E-state index in [0.717, 1.165) is 59.1 Å². The zero-order valence-electron chi connectivity index (χ0n) is 18.5. The van der Waals surface area contributed by atoms with E-state index in [9.17, 15) is 4.79 Å². The summed E-state index contributed by atoms with van der Waals surface area (Å²) >= 11 is 0. The summed E-state index contributed by atoms with van der Waals surface area (Å²) < 4.78 is 8.87. The van der Waals surface area contributed by atoms with Crippen molar-refractivity contribution >= 4 is 22.1 Å². The third-order valence-corrected chi connectivity index (χ3v) is 6.89. The number of hydrogen-bond acceptors (Lipinski definition) is 6. The van der Waals surface area contributed by atoms with Crippen molar-refractivity contribution in [2.45, 2.75) is 44.7 Å². The quantitative estimate of drug-likeness (QED) is 0.421. The molecule has 1 N–H and O–H groups in total. The first kappa shape index (κ1) is 20.4. The molecule has 9 nitrogen and oxygen atoms in total. The van der Waals surface area contributed by atoms with Crippen molar-refractivity contribution in [1.29, 1.82) is 5.26 Å². The van der Waals surface area contributed by atoms with Crippen LogP contribution in [0.4, 0.5) is 0 Å². The van der Waals surface area contributed by atoms with Crippen molar-refractivity contribution < 1.29 is 4.52 Å². The van der Waals surface area contributed by atoms with E-state index in [1.807, 2.05) is 42.6 Å². The van der Waals surface area contributed by atoms with E-state index < -0.39 is 5.76 Å². The fraction of sp³-hybridized carbons (Fsp3) is 0.320. The summed E-state index contributed by atoms with van der Waals surface area (Å²) in [4.78, 5) is 25.3. The Kier molecular flexibility index (Phi) is 4.99. The molecule has 9 heteroatoms. The maximum Gasteiger partial charge on any atom is 0.442 e. The summed E-state index contributed by atoms with van der Waals surface area (Å²) in [6, 6.07) is 14.1. The number of imidazole rings is 1. The molecule has 4 heterocycles. The number of hydrogen-bond donors (Lipinski definition) is 1. The number of nitriles is 1. The monoisotopic (exact) mass is 453 g/mol. The molecular weight excluding hydrogens is 430 g/mol. The average molecular weight is 454 g/mol. The zero-order valence-corrected chi connectivity index (χ0v) is 18.5. The Balaban J connectivity index is 1.48. The van der Waals surface area contributed by atoms with Crippen molar-refractivity contribution in [3.63, 3.8) is 0 Å². The molecule has 0 bridgehead atoms. The summed E-state index contributed by atoms with van der Waals surface area (Å²) in [5, 5.41) is 14.2. The zero-order chi connectivity index (χ0) is 23.1. The van der Waals surface area contributed by atoms with E-state index in [2.05, 4.69) is 25.8 Å². The van der Waals surface area contributed by atoms with Crippen LogP contribution in [0.25, 0.3) is 33.5 Å². The van der Waals surface area contributed by atoms with Crippen LogP contribution in [0.15, 0.2) is 58.1 Å². The van der Waals surface area contributed by atoms with Gasteiger partial charge in [0.2, 0.25) is 0 Å². The van der Waals surface area contributed by atoms with Gasteiger partial charge in [-0.15, -0.1) is 0 Å². The maximum absolute atomic E-state index is 12.7. The van der Waals surface area contributed by atoms with Crippen LogP contribution in [0.2, 0.25) is 0 Å². The number of nitrogens with zero attached hydrogens (tertiary/aromatic N) is 6. The number of fused-ring (bicyclic) bond motifs is 3. The molecule has 1 aliphatic carbocycles. The fourth-order valence-corrected chi connectivity index (χ4v) is 5.23. The largest absolute Gasteiger partial charge is 0.442 e. The van der Waals surface area contributed by atoms with Crippen molar-refractivity contribution in [2.24, 2.45) is 5.92 Å². The second-order valence-electron chi connectivity index (χ2n) is 8.89. The third-order valence-electron chi connectivity index (χ3n) is 6.89. The van der Waals surface area contributed by atoms with E-state index in [1.54, 1.807) is 6.20 Å². The van der Waals surface area contributed by atoms with Gasteiger partial charge >= 0.3 is 5.76 Å². The summed E-state index contributed by atoms with van der Waals surface area (Å²) in [7, 11) is 0. The van der Waals surface area contributed by atoms with E-state index in [0.29, 0.717) is 18.2 Å². The van der Waals surface area contributed by atoms with Gasteiger partial charge in [-0.25, -0.2) is 19.3 Å². The highest BCUT2D eigenvalue weighted by molar-refractivity contribution is 6.01. The fourth-order valence-electron chi connectivity index (χ4n) is 5.23. The maximum atomic E-state index is 12.7. The molecular formula is C25H23N7O2. The molecule has 0 spiro atoms. The summed E-state index contributed by atoms with van der Waals surface area (Å²) in [6.07, 6.45) is 8.20. The predicted molar refractivity (Wildman–Crippen MR) is 126 cm³/mol. The second-order valence-corrected chi connectivity index (χ2v) is 8.89. The standard InChI is InChI=1S/C25H23N7O2/c26-12-10-16-6-8-18(9-7-16)32-21(29-20-14-28-23-19(22(20)32)11-13-27-23)15-31-24(30-34-25(31)33)17-4-2-1-3-5-17/h1-5,11,13-14,16,18H,6-10,15H2,(H,27,28). The van der Waals surface area contributed by atoms with Gasteiger partial charge in [-0.2, -0.15) is 5.26 Å². The van der Waals surface area contributed by atoms with Crippen molar-refractivity contribution in [3.8, 4) is 17.5 Å². The molecule has 1 fully saturated rings. The van der Waals surface area contributed by atoms with Crippen LogP contribution < -0.4 is 5.76 Å². The molecule has 0 aliphatic heterocycles. The Labute approximate surface area is 194 Å². The van der Waals surface area contributed by atoms with Gasteiger partial charge in [0, 0.05) is 29.6 Å². The molecule has 6 rings (SSSR count).